The molecule has 2 aromatic rings. The largest absolute Gasteiger partial charge is 0.377 e. The first-order valence-electron chi connectivity index (χ1n) is 8.03. The lowest BCUT2D eigenvalue weighted by atomic mass is 9.76. The van der Waals surface area contributed by atoms with Crippen LogP contribution in [0.25, 0.3) is 0 Å². The van der Waals surface area contributed by atoms with Gasteiger partial charge in [-0.3, -0.25) is 10.1 Å². The molecule has 1 N–H and O–H groups in total. The lowest BCUT2D eigenvalue weighted by Crippen LogP contribution is -2.30. The van der Waals surface area contributed by atoms with Crippen molar-refractivity contribution < 1.29 is 4.92 Å². The highest BCUT2D eigenvalue weighted by Gasteiger charge is 2.42. The van der Waals surface area contributed by atoms with Crippen LogP contribution >= 0.6 is 15.9 Å². The van der Waals surface area contributed by atoms with E-state index in [1.165, 1.54) is 5.56 Å². The zero-order chi connectivity index (χ0) is 16.8. The van der Waals surface area contributed by atoms with E-state index in [0.717, 1.165) is 27.7 Å². The first-order chi connectivity index (χ1) is 11.6. The summed E-state index contributed by atoms with van der Waals surface area (Å²) in [5.41, 5.74) is 4.23. The Bertz CT molecular complexity index is 862. The number of nitro benzene ring substituents is 1. The van der Waals surface area contributed by atoms with Crippen molar-refractivity contribution in [3.05, 3.63) is 79.8 Å². The van der Waals surface area contributed by atoms with Gasteiger partial charge in [0.2, 0.25) is 0 Å². The van der Waals surface area contributed by atoms with Gasteiger partial charge in [0, 0.05) is 22.1 Å². The Morgan fingerprint density at radius 3 is 2.88 bits per heavy atom. The smallest absolute Gasteiger partial charge is 0.275 e. The van der Waals surface area contributed by atoms with E-state index in [1.54, 1.807) is 6.07 Å². The Morgan fingerprint density at radius 2 is 2.12 bits per heavy atom. The summed E-state index contributed by atoms with van der Waals surface area (Å²) in [5.74, 6) is 0.387. The summed E-state index contributed by atoms with van der Waals surface area (Å²) in [5, 5.41) is 15.1. The molecule has 1 heterocycles. The highest BCUT2D eigenvalue weighted by Crippen LogP contribution is 2.53. The van der Waals surface area contributed by atoms with Crippen LogP contribution in [0.15, 0.2) is 53.0 Å². The molecule has 1 aliphatic heterocycles. The second-order valence-corrected chi connectivity index (χ2v) is 7.39. The first kappa shape index (κ1) is 15.4. The number of rotatable bonds is 2. The maximum absolute atomic E-state index is 11.5. The summed E-state index contributed by atoms with van der Waals surface area (Å²) in [6.45, 7) is 2.01. The SMILES string of the molecule is Cc1ccc([N+](=O)[O-])c2c1N[C@H](c1cccc(Br)c1)[C@H]1CC=C[C@@H]21. The molecule has 0 fully saturated rings. The van der Waals surface area contributed by atoms with Crippen LogP contribution in [0.2, 0.25) is 0 Å². The first-order valence-corrected chi connectivity index (χ1v) is 8.82. The third kappa shape index (κ3) is 2.35. The molecule has 2 aliphatic rings. The van der Waals surface area contributed by atoms with Gasteiger partial charge in [-0.15, -0.1) is 0 Å². The number of nitro groups is 1. The normalized spacial score (nSPS) is 24.2. The predicted molar refractivity (Wildman–Crippen MR) is 98.3 cm³/mol. The fraction of sp³-hybridized carbons (Fsp3) is 0.263. The van der Waals surface area contributed by atoms with Gasteiger partial charge in [-0.1, -0.05) is 46.3 Å². The molecule has 1 aliphatic carbocycles. The van der Waals surface area contributed by atoms with Crippen molar-refractivity contribution in [3.8, 4) is 0 Å². The number of nitrogens with one attached hydrogen (secondary N) is 1. The predicted octanol–water partition coefficient (Wildman–Crippen LogP) is 5.49. The molecule has 4 nitrogen and oxygen atoms in total. The van der Waals surface area contributed by atoms with E-state index in [-0.39, 0.29) is 22.6 Å². The van der Waals surface area contributed by atoms with Gasteiger partial charge in [0.25, 0.3) is 5.69 Å². The molecule has 0 bridgehead atoms. The van der Waals surface area contributed by atoms with Crippen LogP contribution in [0, 0.1) is 23.0 Å². The molecule has 3 atom stereocenters. The molecular weight excluding hydrogens is 368 g/mol. The highest BCUT2D eigenvalue weighted by molar-refractivity contribution is 9.10. The van der Waals surface area contributed by atoms with Gasteiger partial charge in [0.15, 0.2) is 0 Å². The number of hydrogen-bond donors (Lipinski definition) is 1. The van der Waals surface area contributed by atoms with E-state index in [4.69, 9.17) is 0 Å². The minimum atomic E-state index is -0.261. The minimum Gasteiger partial charge on any atom is -0.377 e. The van der Waals surface area contributed by atoms with Crippen molar-refractivity contribution in [1.82, 2.24) is 0 Å². The standard InChI is InChI=1S/C19H17BrN2O2/c1-11-8-9-16(22(23)24)17-14-6-3-7-15(14)19(21-18(11)17)12-4-2-5-13(20)10-12/h2-6,8-10,14-15,19,21H,7H2,1H3/t14-,15+,19-/m1/s1. The van der Waals surface area contributed by atoms with Crippen LogP contribution in [0.3, 0.4) is 0 Å². The van der Waals surface area contributed by atoms with Gasteiger partial charge < -0.3 is 5.32 Å². The van der Waals surface area contributed by atoms with Gasteiger partial charge in [-0.2, -0.15) is 0 Å². The molecule has 0 aromatic heterocycles. The van der Waals surface area contributed by atoms with Crippen molar-refractivity contribution in [1.29, 1.82) is 0 Å². The van der Waals surface area contributed by atoms with Gasteiger partial charge >= 0.3 is 0 Å². The topological polar surface area (TPSA) is 55.2 Å². The summed E-state index contributed by atoms with van der Waals surface area (Å²) >= 11 is 3.55. The van der Waals surface area contributed by atoms with Gasteiger partial charge in [-0.05, 0) is 42.5 Å². The van der Waals surface area contributed by atoms with E-state index >= 15 is 0 Å². The van der Waals surface area contributed by atoms with Crippen molar-refractivity contribution in [2.75, 3.05) is 5.32 Å². The van der Waals surface area contributed by atoms with Crippen molar-refractivity contribution in [3.63, 3.8) is 0 Å². The maximum Gasteiger partial charge on any atom is 0.275 e. The fourth-order valence-electron chi connectivity index (χ4n) is 4.02. The lowest BCUT2D eigenvalue weighted by molar-refractivity contribution is -0.385. The summed E-state index contributed by atoms with van der Waals surface area (Å²) in [6, 6.07) is 11.9. The maximum atomic E-state index is 11.5. The molecule has 4 rings (SSSR count). The molecule has 0 unspecified atom stereocenters. The zero-order valence-electron chi connectivity index (χ0n) is 13.2. The number of aryl methyl sites for hydroxylation is 1. The average molecular weight is 385 g/mol. The second kappa shape index (κ2) is 5.74. The van der Waals surface area contributed by atoms with Crippen LogP contribution in [0.5, 0.6) is 0 Å². The Kier molecular flexibility index (Phi) is 3.68. The van der Waals surface area contributed by atoms with Crippen LogP contribution in [-0.4, -0.2) is 4.92 Å². The van der Waals surface area contributed by atoms with Crippen LogP contribution in [0.1, 0.15) is 35.1 Å². The Hall–Kier alpha value is -2.14. The number of hydrogen-bond acceptors (Lipinski definition) is 3. The summed E-state index contributed by atoms with van der Waals surface area (Å²) in [7, 11) is 0. The Morgan fingerprint density at radius 1 is 1.29 bits per heavy atom. The summed E-state index contributed by atoms with van der Waals surface area (Å²) in [6.07, 6.45) is 5.23. The minimum absolute atomic E-state index is 0.0885. The van der Waals surface area contributed by atoms with E-state index in [2.05, 4.69) is 45.5 Å². The summed E-state index contributed by atoms with van der Waals surface area (Å²) < 4.78 is 1.05. The monoisotopic (exact) mass is 384 g/mol. The molecule has 5 heteroatoms. The van der Waals surface area contributed by atoms with Crippen LogP contribution < -0.4 is 5.32 Å². The molecule has 0 radical (unpaired) electrons. The number of halogens is 1. The van der Waals surface area contributed by atoms with E-state index in [9.17, 15) is 10.1 Å². The highest BCUT2D eigenvalue weighted by atomic mass is 79.9. The third-order valence-electron chi connectivity index (χ3n) is 5.11. The Labute approximate surface area is 148 Å². The van der Waals surface area contributed by atoms with Gasteiger partial charge in [0.1, 0.15) is 0 Å². The van der Waals surface area contributed by atoms with Crippen molar-refractivity contribution in [2.45, 2.75) is 25.3 Å². The number of fused-ring (bicyclic) bond motifs is 3. The quantitative estimate of drug-likeness (QED) is 0.422. The van der Waals surface area contributed by atoms with Gasteiger partial charge in [-0.25, -0.2) is 0 Å². The van der Waals surface area contributed by atoms with E-state index < -0.39 is 0 Å². The lowest BCUT2D eigenvalue weighted by Gasteiger charge is -2.38. The zero-order valence-corrected chi connectivity index (χ0v) is 14.8. The number of benzene rings is 2. The molecule has 122 valence electrons. The molecule has 0 saturated heterocycles. The van der Waals surface area contributed by atoms with Crippen molar-refractivity contribution >= 4 is 27.3 Å². The third-order valence-corrected chi connectivity index (χ3v) is 5.60. The Balaban J connectivity index is 1.88. The molecule has 0 amide bonds. The molecule has 24 heavy (non-hydrogen) atoms. The number of allylic oxidation sites excluding steroid dienone is 2. The van der Waals surface area contributed by atoms with E-state index in [0.29, 0.717) is 5.92 Å². The fourth-order valence-corrected chi connectivity index (χ4v) is 4.44. The second-order valence-electron chi connectivity index (χ2n) is 6.48. The molecule has 0 spiro atoms. The van der Waals surface area contributed by atoms with Gasteiger partial charge in [0.05, 0.1) is 16.5 Å². The molecule has 0 saturated carbocycles. The molecular formula is C19H17BrN2O2. The molecule has 2 aromatic carbocycles. The van der Waals surface area contributed by atoms with Crippen LogP contribution in [-0.2, 0) is 0 Å². The number of nitrogens with zero attached hydrogens (tertiary/aromatic N) is 1. The van der Waals surface area contributed by atoms with E-state index in [1.807, 2.05) is 25.1 Å². The van der Waals surface area contributed by atoms with Crippen molar-refractivity contribution in [2.24, 2.45) is 5.92 Å². The average Bonchev–Trinajstić information content (AvgIpc) is 3.04. The summed E-state index contributed by atoms with van der Waals surface area (Å²) in [4.78, 5) is 11.3. The van der Waals surface area contributed by atoms with Crippen LogP contribution in [0.4, 0.5) is 11.4 Å². The number of anilines is 1.